The maximum atomic E-state index is 11.9. The second-order valence-electron chi connectivity index (χ2n) is 8.58. The molecule has 0 aliphatic rings. The summed E-state index contributed by atoms with van der Waals surface area (Å²) in [5, 5.41) is 11.1. The number of aliphatic hydroxyl groups is 1. The Labute approximate surface area is 206 Å². The van der Waals surface area contributed by atoms with E-state index in [0.717, 1.165) is 16.9 Å². The van der Waals surface area contributed by atoms with Crippen LogP contribution in [0.2, 0.25) is 0 Å². The van der Waals surface area contributed by atoms with E-state index >= 15 is 0 Å². The Morgan fingerprint density at radius 2 is 1.69 bits per heavy atom. The highest BCUT2D eigenvalue weighted by Gasteiger charge is 2.22. The van der Waals surface area contributed by atoms with Gasteiger partial charge < -0.3 is 24.1 Å². The van der Waals surface area contributed by atoms with E-state index in [4.69, 9.17) is 18.9 Å². The van der Waals surface area contributed by atoms with E-state index in [1.807, 2.05) is 18.2 Å². The fourth-order valence-electron chi connectivity index (χ4n) is 3.03. The molecule has 2 rings (SSSR count). The van der Waals surface area contributed by atoms with Crippen molar-refractivity contribution >= 4 is 37.8 Å². The van der Waals surface area contributed by atoms with Gasteiger partial charge in [0.05, 0.1) is 0 Å². The van der Waals surface area contributed by atoms with E-state index in [-0.39, 0.29) is 19.3 Å². The average Bonchev–Trinajstić information content (AvgIpc) is 2.68. The number of esters is 1. The average molecular weight is 574 g/mol. The summed E-state index contributed by atoms with van der Waals surface area (Å²) in [6.07, 6.45) is -0.896. The van der Waals surface area contributed by atoms with Gasteiger partial charge in [0.1, 0.15) is 23.2 Å². The van der Waals surface area contributed by atoms with Crippen LogP contribution in [0.5, 0.6) is 11.5 Å². The summed E-state index contributed by atoms with van der Waals surface area (Å²) in [4.78, 5) is 11.9. The molecule has 0 bridgehead atoms. The molecular weight excluding hydrogens is 544 g/mol. The van der Waals surface area contributed by atoms with Gasteiger partial charge in [-0.3, -0.25) is 0 Å². The van der Waals surface area contributed by atoms with Gasteiger partial charge in [-0.05, 0) is 62.1 Å². The van der Waals surface area contributed by atoms with Crippen LogP contribution in [-0.2, 0) is 14.3 Å². The minimum absolute atomic E-state index is 0.156. The second kappa shape index (κ2) is 11.5. The number of aliphatic hydroxyl groups excluding tert-OH is 1. The molecule has 1 unspecified atom stereocenters. The first-order valence-corrected chi connectivity index (χ1v) is 11.8. The molecule has 0 aliphatic heterocycles. The first kappa shape index (κ1) is 26.6. The van der Waals surface area contributed by atoms with E-state index < -0.39 is 17.7 Å². The Morgan fingerprint density at radius 3 is 2.22 bits per heavy atom. The molecule has 2 aromatic rings. The van der Waals surface area contributed by atoms with Gasteiger partial charge in [-0.1, -0.05) is 51.8 Å². The molecule has 0 saturated heterocycles. The van der Waals surface area contributed by atoms with E-state index in [1.54, 1.807) is 40.0 Å². The third-order valence-corrected chi connectivity index (χ3v) is 5.72. The monoisotopic (exact) mass is 572 g/mol. The molecule has 1 N–H and O–H groups in total. The quantitative estimate of drug-likeness (QED) is 0.288. The molecule has 176 valence electrons. The minimum Gasteiger partial charge on any atom is -0.482 e. The van der Waals surface area contributed by atoms with Crippen molar-refractivity contribution in [2.75, 3.05) is 20.5 Å². The van der Waals surface area contributed by atoms with Crippen molar-refractivity contribution in [1.82, 2.24) is 0 Å². The molecule has 0 aliphatic carbocycles. The zero-order valence-corrected chi connectivity index (χ0v) is 22.4. The lowest BCUT2D eigenvalue weighted by atomic mass is 9.95. The van der Waals surface area contributed by atoms with Gasteiger partial charge >= 0.3 is 5.97 Å². The van der Waals surface area contributed by atoms with E-state index in [1.165, 1.54) is 0 Å². The van der Waals surface area contributed by atoms with Crippen LogP contribution in [0.3, 0.4) is 0 Å². The summed E-state index contributed by atoms with van der Waals surface area (Å²) < 4.78 is 22.8. The molecule has 2 aromatic carbocycles. The highest BCUT2D eigenvalue weighted by atomic mass is 79.9. The lowest BCUT2D eigenvalue weighted by Crippen LogP contribution is -2.27. The number of methoxy groups -OCH3 is 1. The molecule has 0 amide bonds. The van der Waals surface area contributed by atoms with Crippen molar-refractivity contribution < 1.29 is 28.8 Å². The summed E-state index contributed by atoms with van der Waals surface area (Å²) in [6.45, 7) is 9.48. The van der Waals surface area contributed by atoms with Crippen molar-refractivity contribution in [2.24, 2.45) is 0 Å². The van der Waals surface area contributed by atoms with Crippen LogP contribution < -0.4 is 9.47 Å². The molecular formula is C24H30Br2O6. The third kappa shape index (κ3) is 7.47. The van der Waals surface area contributed by atoms with Crippen LogP contribution in [0.15, 0.2) is 39.3 Å². The summed E-state index contributed by atoms with van der Waals surface area (Å²) in [6, 6.07) is 9.03. The van der Waals surface area contributed by atoms with Gasteiger partial charge in [-0.25, -0.2) is 4.79 Å². The zero-order chi connectivity index (χ0) is 24.1. The topological polar surface area (TPSA) is 74.2 Å². The number of carbonyl (C=O) groups excluding carboxylic acids is 1. The van der Waals surface area contributed by atoms with Crippen molar-refractivity contribution in [2.45, 2.75) is 52.2 Å². The Hall–Kier alpha value is -1.61. The molecule has 1 atom stereocenters. The Morgan fingerprint density at radius 1 is 1.06 bits per heavy atom. The Bertz CT molecular complexity index is 914. The molecule has 8 heteroatoms. The van der Waals surface area contributed by atoms with Gasteiger partial charge in [-0.15, -0.1) is 0 Å². The number of carbonyl (C=O) groups is 1. The summed E-state index contributed by atoms with van der Waals surface area (Å²) in [5.74, 6) is 0.939. The molecule has 0 spiro atoms. The normalized spacial score (nSPS) is 12.6. The predicted molar refractivity (Wildman–Crippen MR) is 130 cm³/mol. The molecule has 32 heavy (non-hydrogen) atoms. The summed E-state index contributed by atoms with van der Waals surface area (Å²) in [7, 11) is 1.57. The van der Waals surface area contributed by atoms with Crippen LogP contribution in [-0.4, -0.2) is 37.2 Å². The molecule has 6 nitrogen and oxygen atoms in total. The van der Waals surface area contributed by atoms with Gasteiger partial charge in [-0.2, -0.15) is 0 Å². The van der Waals surface area contributed by atoms with Crippen LogP contribution in [0.1, 0.15) is 63.3 Å². The van der Waals surface area contributed by atoms with Crippen molar-refractivity contribution in [3.05, 3.63) is 56.0 Å². The maximum absolute atomic E-state index is 11.9. The highest BCUT2D eigenvalue weighted by Crippen LogP contribution is 2.39. The number of benzene rings is 2. The summed E-state index contributed by atoms with van der Waals surface area (Å²) in [5.41, 5.74) is 1.77. The smallest absolute Gasteiger partial charge is 0.344 e. The fraction of sp³-hybridized carbons (Fsp3) is 0.458. The van der Waals surface area contributed by atoms with E-state index in [0.29, 0.717) is 20.3 Å². The van der Waals surface area contributed by atoms with Crippen LogP contribution in [0.4, 0.5) is 0 Å². The molecule has 0 heterocycles. The predicted octanol–water partition coefficient (Wildman–Crippen LogP) is 6.12. The van der Waals surface area contributed by atoms with E-state index in [9.17, 15) is 9.90 Å². The molecule has 0 radical (unpaired) electrons. The first-order valence-electron chi connectivity index (χ1n) is 10.2. The molecule has 0 saturated carbocycles. The first-order chi connectivity index (χ1) is 14.9. The number of halogens is 2. The van der Waals surface area contributed by atoms with Crippen LogP contribution >= 0.6 is 31.9 Å². The lowest BCUT2D eigenvalue weighted by molar-refractivity contribution is -0.157. The lowest BCUT2D eigenvalue weighted by Gasteiger charge is -2.21. The minimum atomic E-state index is -0.896. The van der Waals surface area contributed by atoms with Gasteiger partial charge in [0.15, 0.2) is 13.4 Å². The number of rotatable bonds is 9. The number of ether oxygens (including phenoxy) is 4. The molecule has 0 aromatic heterocycles. The SMILES string of the molecule is COCOc1ccc(C(O)c2c(Br)cc(OCC(=O)OC(C)(C)C)cc2Br)cc1C(C)C. The van der Waals surface area contributed by atoms with Crippen molar-refractivity contribution in [1.29, 1.82) is 0 Å². The van der Waals surface area contributed by atoms with Gasteiger partial charge in [0.25, 0.3) is 0 Å². The zero-order valence-electron chi connectivity index (χ0n) is 19.2. The Kier molecular flexibility index (Phi) is 9.57. The van der Waals surface area contributed by atoms with Gasteiger partial charge in [0, 0.05) is 21.6 Å². The van der Waals surface area contributed by atoms with Crippen molar-refractivity contribution in [3.8, 4) is 11.5 Å². The number of hydrogen-bond acceptors (Lipinski definition) is 6. The third-order valence-electron chi connectivity index (χ3n) is 4.41. The standard InChI is InChI=1S/C24H30Br2O6/c1-14(2)17-9-15(7-8-20(17)31-13-29-6)23(28)22-18(25)10-16(11-19(22)26)30-12-21(27)32-24(3,4)5/h7-11,14,23,28H,12-13H2,1-6H3. The fourth-order valence-corrected chi connectivity index (χ4v) is 4.61. The van der Waals surface area contributed by atoms with Crippen LogP contribution in [0.25, 0.3) is 0 Å². The van der Waals surface area contributed by atoms with Crippen molar-refractivity contribution in [3.63, 3.8) is 0 Å². The number of hydrogen-bond donors (Lipinski definition) is 1. The van der Waals surface area contributed by atoms with Gasteiger partial charge in [0.2, 0.25) is 0 Å². The van der Waals surface area contributed by atoms with E-state index in [2.05, 4.69) is 45.7 Å². The largest absolute Gasteiger partial charge is 0.482 e. The maximum Gasteiger partial charge on any atom is 0.344 e. The highest BCUT2D eigenvalue weighted by molar-refractivity contribution is 9.11. The molecule has 0 fully saturated rings. The van der Waals surface area contributed by atoms with Crippen LogP contribution in [0, 0.1) is 0 Å². The Balaban J connectivity index is 2.24. The summed E-state index contributed by atoms with van der Waals surface area (Å²) >= 11 is 7.04. The second-order valence-corrected chi connectivity index (χ2v) is 10.3.